The molecule has 1 aromatic heterocycles. The third-order valence-electron chi connectivity index (χ3n) is 3.02. The summed E-state index contributed by atoms with van der Waals surface area (Å²) in [7, 11) is 0. The first-order valence-corrected chi connectivity index (χ1v) is 6.80. The van der Waals surface area contributed by atoms with Gasteiger partial charge >= 0.3 is 5.97 Å². The van der Waals surface area contributed by atoms with Gasteiger partial charge in [-0.15, -0.1) is 11.3 Å². The van der Waals surface area contributed by atoms with E-state index in [2.05, 4.69) is 24.1 Å². The highest BCUT2D eigenvalue weighted by molar-refractivity contribution is 7.15. The molecule has 0 aliphatic carbocycles. The molecular weight excluding hydrogens is 252 g/mol. The molecule has 5 nitrogen and oxygen atoms in total. The lowest BCUT2D eigenvalue weighted by atomic mass is 9.94. The molecule has 1 aliphatic heterocycles. The van der Waals surface area contributed by atoms with E-state index in [1.807, 2.05) is 0 Å². The van der Waals surface area contributed by atoms with Crippen LogP contribution in [0.3, 0.4) is 0 Å². The van der Waals surface area contributed by atoms with Crippen LogP contribution in [0.5, 0.6) is 0 Å². The zero-order valence-corrected chi connectivity index (χ0v) is 11.6. The molecule has 1 fully saturated rings. The molecule has 18 heavy (non-hydrogen) atoms. The minimum absolute atomic E-state index is 0.127. The van der Waals surface area contributed by atoms with E-state index in [1.165, 1.54) is 11.3 Å². The molecule has 1 atom stereocenters. The number of hydrogen-bond donors (Lipinski definition) is 2. The predicted octanol–water partition coefficient (Wildman–Crippen LogP) is 2.52. The van der Waals surface area contributed by atoms with Gasteiger partial charge in [0.05, 0.1) is 5.60 Å². The summed E-state index contributed by atoms with van der Waals surface area (Å²) in [6, 6.07) is 0.293. The van der Waals surface area contributed by atoms with Crippen molar-refractivity contribution in [2.75, 3.05) is 11.9 Å². The molecule has 0 aromatic carbocycles. The third-order valence-corrected chi connectivity index (χ3v) is 3.93. The number of ether oxygens (including phenoxy) is 1. The van der Waals surface area contributed by atoms with E-state index in [0.717, 1.165) is 24.3 Å². The van der Waals surface area contributed by atoms with E-state index in [-0.39, 0.29) is 11.3 Å². The molecule has 0 amide bonds. The van der Waals surface area contributed by atoms with E-state index >= 15 is 0 Å². The van der Waals surface area contributed by atoms with Crippen LogP contribution in [0.2, 0.25) is 0 Å². The van der Waals surface area contributed by atoms with Crippen molar-refractivity contribution >= 4 is 22.4 Å². The maximum absolute atomic E-state index is 10.9. The van der Waals surface area contributed by atoms with Crippen molar-refractivity contribution in [2.24, 2.45) is 0 Å². The number of aromatic carboxylic acids is 1. The molecule has 2 N–H and O–H groups in total. The van der Waals surface area contributed by atoms with Crippen LogP contribution >= 0.6 is 11.3 Å². The van der Waals surface area contributed by atoms with E-state index in [0.29, 0.717) is 11.2 Å². The van der Waals surface area contributed by atoms with Crippen LogP contribution in [0.25, 0.3) is 0 Å². The van der Waals surface area contributed by atoms with Crippen LogP contribution in [0, 0.1) is 6.92 Å². The minimum Gasteiger partial charge on any atom is -0.476 e. The summed E-state index contributed by atoms with van der Waals surface area (Å²) < 4.78 is 5.65. The number of carboxylic acid groups (broad SMARTS) is 1. The summed E-state index contributed by atoms with van der Waals surface area (Å²) >= 11 is 1.39. The van der Waals surface area contributed by atoms with E-state index in [1.54, 1.807) is 6.92 Å². The van der Waals surface area contributed by atoms with Crippen LogP contribution in [0.1, 0.15) is 42.1 Å². The largest absolute Gasteiger partial charge is 0.476 e. The van der Waals surface area contributed by atoms with Crippen molar-refractivity contribution in [3.05, 3.63) is 10.6 Å². The van der Waals surface area contributed by atoms with Crippen molar-refractivity contribution in [1.82, 2.24) is 4.98 Å². The summed E-state index contributed by atoms with van der Waals surface area (Å²) in [6.07, 6.45) is 1.82. The van der Waals surface area contributed by atoms with Crippen molar-refractivity contribution in [3.63, 3.8) is 0 Å². The van der Waals surface area contributed by atoms with Gasteiger partial charge in [0.25, 0.3) is 0 Å². The molecule has 1 aromatic rings. The molecular formula is C12H18N2O3S. The summed E-state index contributed by atoms with van der Waals surface area (Å²) in [5.41, 5.74) is 0.0199. The SMILES string of the molecule is Cc1sc(NC2CCOC(C)(C)C2)nc1C(=O)O. The zero-order valence-electron chi connectivity index (χ0n) is 10.8. The second-order valence-corrected chi connectivity index (χ2v) is 6.37. The van der Waals surface area contributed by atoms with Gasteiger partial charge in [0.15, 0.2) is 10.8 Å². The summed E-state index contributed by atoms with van der Waals surface area (Å²) in [5.74, 6) is -0.968. The lowest BCUT2D eigenvalue weighted by Gasteiger charge is -2.35. The number of rotatable bonds is 3. The Kier molecular flexibility index (Phi) is 3.59. The topological polar surface area (TPSA) is 71.5 Å². The number of hydrogen-bond acceptors (Lipinski definition) is 5. The van der Waals surface area contributed by atoms with Gasteiger partial charge in [-0.3, -0.25) is 0 Å². The zero-order chi connectivity index (χ0) is 13.3. The number of nitrogens with one attached hydrogen (secondary N) is 1. The third kappa shape index (κ3) is 3.00. The molecule has 2 rings (SSSR count). The van der Waals surface area contributed by atoms with Crippen LogP contribution in [-0.4, -0.2) is 34.3 Å². The number of aryl methyl sites for hydroxylation is 1. The van der Waals surface area contributed by atoms with Crippen LogP contribution in [0.4, 0.5) is 5.13 Å². The normalized spacial score (nSPS) is 22.7. The first kappa shape index (κ1) is 13.3. The molecule has 0 bridgehead atoms. The van der Waals surface area contributed by atoms with E-state index in [9.17, 15) is 4.79 Å². The van der Waals surface area contributed by atoms with Crippen molar-refractivity contribution < 1.29 is 14.6 Å². The number of aromatic nitrogens is 1. The second kappa shape index (κ2) is 4.85. The average Bonchev–Trinajstić information content (AvgIpc) is 2.58. The molecule has 0 radical (unpaired) electrons. The number of nitrogens with zero attached hydrogens (tertiary/aromatic N) is 1. The Balaban J connectivity index is 2.05. The molecule has 6 heteroatoms. The Labute approximate surface area is 110 Å². The Morgan fingerprint density at radius 3 is 2.89 bits per heavy atom. The molecule has 100 valence electrons. The molecule has 1 aliphatic rings. The lowest BCUT2D eigenvalue weighted by Crippen LogP contribution is -2.40. The highest BCUT2D eigenvalue weighted by Crippen LogP contribution is 2.29. The Hall–Kier alpha value is -1.14. The van der Waals surface area contributed by atoms with Gasteiger partial charge in [0, 0.05) is 17.5 Å². The highest BCUT2D eigenvalue weighted by atomic mass is 32.1. The molecule has 0 saturated carbocycles. The van der Waals surface area contributed by atoms with Crippen LogP contribution < -0.4 is 5.32 Å². The Bertz CT molecular complexity index is 456. The van der Waals surface area contributed by atoms with Gasteiger partial charge in [0.1, 0.15) is 0 Å². The van der Waals surface area contributed by atoms with Crippen molar-refractivity contribution in [2.45, 2.75) is 45.3 Å². The standard InChI is InChI=1S/C12H18N2O3S/c1-7-9(10(15)16)14-11(18-7)13-8-4-5-17-12(2,3)6-8/h8H,4-6H2,1-3H3,(H,13,14)(H,15,16). The Morgan fingerprint density at radius 1 is 1.61 bits per heavy atom. The number of anilines is 1. The van der Waals surface area contributed by atoms with Gasteiger partial charge in [-0.25, -0.2) is 9.78 Å². The van der Waals surface area contributed by atoms with E-state index < -0.39 is 5.97 Å². The summed E-state index contributed by atoms with van der Waals surface area (Å²) in [4.78, 5) is 15.8. The minimum atomic E-state index is -0.968. The highest BCUT2D eigenvalue weighted by Gasteiger charge is 2.29. The van der Waals surface area contributed by atoms with Gasteiger partial charge in [-0.1, -0.05) is 0 Å². The Morgan fingerprint density at radius 2 is 2.33 bits per heavy atom. The lowest BCUT2D eigenvalue weighted by molar-refractivity contribution is -0.0553. The molecule has 1 saturated heterocycles. The van der Waals surface area contributed by atoms with Crippen molar-refractivity contribution in [1.29, 1.82) is 0 Å². The quantitative estimate of drug-likeness (QED) is 0.883. The fourth-order valence-electron chi connectivity index (χ4n) is 2.19. The van der Waals surface area contributed by atoms with Gasteiger partial charge in [-0.2, -0.15) is 0 Å². The first-order valence-electron chi connectivity index (χ1n) is 5.98. The first-order chi connectivity index (χ1) is 8.37. The summed E-state index contributed by atoms with van der Waals surface area (Å²) in [5, 5.41) is 13.0. The van der Waals surface area contributed by atoms with Crippen LogP contribution in [-0.2, 0) is 4.74 Å². The smallest absolute Gasteiger partial charge is 0.355 e. The monoisotopic (exact) mass is 270 g/mol. The second-order valence-electron chi connectivity index (χ2n) is 5.17. The van der Waals surface area contributed by atoms with Gasteiger partial charge in [0.2, 0.25) is 0 Å². The average molecular weight is 270 g/mol. The maximum atomic E-state index is 10.9. The summed E-state index contributed by atoms with van der Waals surface area (Å²) in [6.45, 7) is 6.63. The van der Waals surface area contributed by atoms with Crippen molar-refractivity contribution in [3.8, 4) is 0 Å². The van der Waals surface area contributed by atoms with Gasteiger partial charge < -0.3 is 15.2 Å². The number of carbonyl (C=O) groups is 1. The van der Waals surface area contributed by atoms with Crippen LogP contribution in [0.15, 0.2) is 0 Å². The maximum Gasteiger partial charge on any atom is 0.355 e. The molecule has 0 spiro atoms. The molecule has 1 unspecified atom stereocenters. The fraction of sp³-hybridized carbons (Fsp3) is 0.667. The fourth-order valence-corrected chi connectivity index (χ4v) is 3.07. The number of carboxylic acids is 1. The molecule has 2 heterocycles. The van der Waals surface area contributed by atoms with Gasteiger partial charge in [-0.05, 0) is 33.6 Å². The number of thiazole rings is 1. The predicted molar refractivity (Wildman–Crippen MR) is 70.5 cm³/mol. The van der Waals surface area contributed by atoms with E-state index in [4.69, 9.17) is 9.84 Å².